The number of H-pyrrole nitrogens is 1. The van der Waals surface area contributed by atoms with Crippen LogP contribution in [0.4, 0.5) is 11.4 Å². The van der Waals surface area contributed by atoms with E-state index < -0.39 is 0 Å². The summed E-state index contributed by atoms with van der Waals surface area (Å²) in [4.78, 5) is 10.4. The first-order valence-corrected chi connectivity index (χ1v) is 8.50. The predicted octanol–water partition coefficient (Wildman–Crippen LogP) is 3.74. The molecule has 0 aliphatic rings. The molecule has 0 fully saturated rings. The Bertz CT molecular complexity index is 809. The van der Waals surface area contributed by atoms with Gasteiger partial charge in [0.05, 0.1) is 12.7 Å². The Hall–Kier alpha value is -2.81. The van der Waals surface area contributed by atoms with Crippen LogP contribution < -0.4 is 11.5 Å². The van der Waals surface area contributed by atoms with E-state index in [1.54, 1.807) is 31.2 Å². The average molecular weight is 446 g/mol. The molecule has 0 radical (unpaired) electrons. The number of nitrogen functional groups attached to an aromatic ring is 2. The summed E-state index contributed by atoms with van der Waals surface area (Å²) in [7, 11) is 0. The minimum atomic E-state index is 0.765. The third-order valence-corrected chi connectivity index (χ3v) is 3.60. The van der Waals surface area contributed by atoms with E-state index in [9.17, 15) is 0 Å². The third-order valence-electron chi connectivity index (χ3n) is 2.93. The highest BCUT2D eigenvalue weighted by atomic mass is 127. The zero-order valence-corrected chi connectivity index (χ0v) is 15.6. The lowest BCUT2D eigenvalue weighted by atomic mass is 10.3. The van der Waals surface area contributed by atoms with Crippen molar-refractivity contribution in [3.63, 3.8) is 0 Å². The maximum Gasteiger partial charge on any atom is 0.0991 e. The molecule has 5 N–H and O–H groups in total. The van der Waals surface area contributed by atoms with E-state index in [1.165, 1.54) is 3.57 Å². The Morgan fingerprint density at radius 3 is 2.12 bits per heavy atom. The summed E-state index contributed by atoms with van der Waals surface area (Å²) in [6, 6.07) is 15.4. The number of aromatic nitrogens is 4. The lowest BCUT2D eigenvalue weighted by molar-refractivity contribution is 1.06. The highest BCUT2D eigenvalue weighted by Gasteiger charge is 1.93. The smallest absolute Gasteiger partial charge is 0.0991 e. The van der Waals surface area contributed by atoms with Crippen LogP contribution in [-0.2, 0) is 0 Å². The van der Waals surface area contributed by atoms with Crippen molar-refractivity contribution >= 4 is 34.0 Å². The molecule has 6 nitrogen and oxygen atoms in total. The zero-order valence-electron chi connectivity index (χ0n) is 13.5. The predicted molar refractivity (Wildman–Crippen MR) is 110 cm³/mol. The fourth-order valence-corrected chi connectivity index (χ4v) is 2.39. The highest BCUT2D eigenvalue weighted by molar-refractivity contribution is 14.1. The second kappa shape index (κ2) is 10.1. The van der Waals surface area contributed by atoms with Crippen molar-refractivity contribution in [1.82, 2.24) is 19.5 Å². The quantitative estimate of drug-likeness (QED) is 0.307. The molecule has 0 spiro atoms. The molecule has 7 heteroatoms. The van der Waals surface area contributed by atoms with Crippen LogP contribution in [0, 0.1) is 3.57 Å². The molecule has 0 saturated heterocycles. The first-order chi connectivity index (χ1) is 12.1. The molecule has 0 bridgehead atoms. The number of benzene rings is 2. The molecule has 2 heterocycles. The SMILES string of the molecule is Nc1cccc(-n2ccnc2)c1.Nc1cccc(I)c1.c1c[nH]cn1. The summed E-state index contributed by atoms with van der Waals surface area (Å²) >= 11 is 2.23. The molecule has 0 aliphatic carbocycles. The van der Waals surface area contributed by atoms with Gasteiger partial charge in [0.1, 0.15) is 0 Å². The van der Waals surface area contributed by atoms with E-state index in [2.05, 4.69) is 37.5 Å². The standard InChI is InChI=1S/C9H9N3.C6H6IN.C3H4N2/c10-8-2-1-3-9(6-8)12-5-4-11-7-12;7-5-2-1-3-6(8)4-5;1-2-5-3-4-1/h1-7H,10H2;1-4H,8H2;1-3H,(H,4,5). The lowest BCUT2D eigenvalue weighted by Crippen LogP contribution is -1.91. The monoisotopic (exact) mass is 446 g/mol. The Labute approximate surface area is 160 Å². The van der Waals surface area contributed by atoms with Gasteiger partial charge in [0.15, 0.2) is 0 Å². The van der Waals surface area contributed by atoms with E-state index in [-0.39, 0.29) is 0 Å². The minimum Gasteiger partial charge on any atom is -0.399 e. The summed E-state index contributed by atoms with van der Waals surface area (Å²) in [6.07, 6.45) is 10.5. The maximum atomic E-state index is 5.63. The van der Waals surface area contributed by atoms with Crippen LogP contribution in [0.5, 0.6) is 0 Å². The molecule has 0 amide bonds. The van der Waals surface area contributed by atoms with Crippen LogP contribution in [-0.4, -0.2) is 19.5 Å². The Morgan fingerprint density at radius 2 is 1.68 bits per heavy atom. The van der Waals surface area contributed by atoms with Crippen LogP contribution in [0.15, 0.2) is 86.0 Å². The van der Waals surface area contributed by atoms with Crippen molar-refractivity contribution in [2.75, 3.05) is 11.5 Å². The number of imidazole rings is 2. The van der Waals surface area contributed by atoms with Gasteiger partial charge in [-0.2, -0.15) is 0 Å². The lowest BCUT2D eigenvalue weighted by Gasteiger charge is -2.01. The minimum absolute atomic E-state index is 0.765. The van der Waals surface area contributed by atoms with Gasteiger partial charge in [-0.05, 0) is 59.0 Å². The topological polar surface area (TPSA) is 98.5 Å². The number of nitrogens with one attached hydrogen (secondary N) is 1. The molecule has 2 aromatic carbocycles. The first-order valence-electron chi connectivity index (χ1n) is 7.43. The van der Waals surface area contributed by atoms with E-state index in [0.29, 0.717) is 0 Å². The average Bonchev–Trinajstić information content (AvgIpc) is 3.32. The Kier molecular flexibility index (Phi) is 7.51. The van der Waals surface area contributed by atoms with Gasteiger partial charge in [0.2, 0.25) is 0 Å². The number of hydrogen-bond donors (Lipinski definition) is 3. The molecule has 4 aromatic rings. The number of halogens is 1. The van der Waals surface area contributed by atoms with E-state index in [4.69, 9.17) is 11.5 Å². The molecule has 25 heavy (non-hydrogen) atoms. The van der Waals surface area contributed by atoms with Gasteiger partial charge in [0.25, 0.3) is 0 Å². The molecular weight excluding hydrogens is 427 g/mol. The summed E-state index contributed by atoms with van der Waals surface area (Å²) < 4.78 is 3.10. The molecule has 0 saturated carbocycles. The van der Waals surface area contributed by atoms with Crippen LogP contribution >= 0.6 is 22.6 Å². The number of rotatable bonds is 1. The maximum absolute atomic E-state index is 5.63. The second-order valence-electron chi connectivity index (χ2n) is 4.88. The van der Waals surface area contributed by atoms with Crippen molar-refractivity contribution in [3.05, 3.63) is 89.5 Å². The van der Waals surface area contributed by atoms with Crippen LogP contribution in [0.2, 0.25) is 0 Å². The van der Waals surface area contributed by atoms with Gasteiger partial charge in [-0.3, -0.25) is 0 Å². The number of hydrogen-bond acceptors (Lipinski definition) is 4. The summed E-state index contributed by atoms with van der Waals surface area (Å²) in [5, 5.41) is 0. The van der Waals surface area contributed by atoms with Gasteiger partial charge < -0.3 is 21.0 Å². The fraction of sp³-hybridized carbons (Fsp3) is 0. The largest absolute Gasteiger partial charge is 0.399 e. The number of anilines is 2. The van der Waals surface area contributed by atoms with E-state index in [0.717, 1.165) is 17.1 Å². The van der Waals surface area contributed by atoms with Crippen LogP contribution in [0.1, 0.15) is 0 Å². The molecule has 0 unspecified atom stereocenters. The van der Waals surface area contributed by atoms with Gasteiger partial charge in [0, 0.05) is 45.4 Å². The molecule has 0 atom stereocenters. The molecule has 4 rings (SSSR count). The van der Waals surface area contributed by atoms with Crippen LogP contribution in [0.3, 0.4) is 0 Å². The van der Waals surface area contributed by atoms with Gasteiger partial charge in [-0.1, -0.05) is 12.1 Å². The summed E-state index contributed by atoms with van der Waals surface area (Å²) in [5.74, 6) is 0. The molecule has 2 aromatic heterocycles. The summed E-state index contributed by atoms with van der Waals surface area (Å²) in [5.41, 5.74) is 13.7. The van der Waals surface area contributed by atoms with Gasteiger partial charge >= 0.3 is 0 Å². The zero-order chi connectivity index (χ0) is 17.9. The van der Waals surface area contributed by atoms with Crippen molar-refractivity contribution < 1.29 is 0 Å². The Morgan fingerprint density at radius 1 is 0.920 bits per heavy atom. The number of nitrogens with two attached hydrogens (primary N) is 2. The number of nitrogens with zero attached hydrogens (tertiary/aromatic N) is 3. The first kappa shape index (κ1) is 18.5. The van der Waals surface area contributed by atoms with E-state index >= 15 is 0 Å². The fourth-order valence-electron chi connectivity index (χ4n) is 1.82. The Balaban J connectivity index is 0.000000149. The molecule has 0 aliphatic heterocycles. The molecular formula is C18H19IN6. The van der Waals surface area contributed by atoms with Crippen molar-refractivity contribution in [2.24, 2.45) is 0 Å². The van der Waals surface area contributed by atoms with Gasteiger partial charge in [-0.15, -0.1) is 0 Å². The van der Waals surface area contributed by atoms with Crippen molar-refractivity contribution in [3.8, 4) is 5.69 Å². The third kappa shape index (κ3) is 7.08. The second-order valence-corrected chi connectivity index (χ2v) is 6.13. The van der Waals surface area contributed by atoms with Crippen molar-refractivity contribution in [2.45, 2.75) is 0 Å². The number of aromatic amines is 1. The molecule has 128 valence electrons. The normalized spacial score (nSPS) is 9.32. The summed E-state index contributed by atoms with van der Waals surface area (Å²) in [6.45, 7) is 0. The van der Waals surface area contributed by atoms with Gasteiger partial charge in [-0.25, -0.2) is 9.97 Å². The van der Waals surface area contributed by atoms with Crippen molar-refractivity contribution in [1.29, 1.82) is 0 Å². The highest BCUT2D eigenvalue weighted by Crippen LogP contribution is 2.10. The van der Waals surface area contributed by atoms with E-state index in [1.807, 2.05) is 59.3 Å². The van der Waals surface area contributed by atoms with Crippen LogP contribution in [0.25, 0.3) is 5.69 Å².